The second-order valence-corrected chi connectivity index (χ2v) is 12.4. The maximum Gasteiger partial charge on any atom is 0.224 e. The number of para-hydroxylation sites is 2. The zero-order valence-electron chi connectivity index (χ0n) is 27.5. The molecule has 0 unspecified atom stereocenters. The summed E-state index contributed by atoms with van der Waals surface area (Å²) in [5, 5.41) is 15.4. The highest BCUT2D eigenvalue weighted by Gasteiger charge is 2.33. The Morgan fingerprint density at radius 3 is 2.23 bits per heavy atom. The van der Waals surface area contributed by atoms with E-state index in [0.29, 0.717) is 49.2 Å². The van der Waals surface area contributed by atoms with Gasteiger partial charge in [-0.2, -0.15) is 0 Å². The normalized spacial score (nSPS) is 17.6. The molecule has 0 bridgehead atoms. The Morgan fingerprint density at radius 1 is 0.792 bits per heavy atom. The van der Waals surface area contributed by atoms with Crippen LogP contribution in [-0.4, -0.2) is 41.5 Å². The van der Waals surface area contributed by atoms with Gasteiger partial charge in [0, 0.05) is 43.6 Å². The molecule has 0 aliphatic carbocycles. The SMILES string of the molecule is CN(Cc1ccccc1)C[C@H]1C[C@@H](c2ccc(CO)cc2)O[C@@H](c2cccc(NC(=O)CCCCCC(=O)Nc3ccccc3N)c2)O1. The average molecular weight is 651 g/mol. The Bertz CT molecular complexity index is 1610. The lowest BCUT2D eigenvalue weighted by atomic mass is 9.99. The number of ether oxygens (including phenoxy) is 2. The first-order valence-electron chi connectivity index (χ1n) is 16.6. The summed E-state index contributed by atoms with van der Waals surface area (Å²) in [5.41, 5.74) is 11.7. The molecule has 1 aliphatic heterocycles. The van der Waals surface area contributed by atoms with Crippen LogP contribution in [0.15, 0.2) is 103 Å². The number of amides is 2. The average Bonchev–Trinajstić information content (AvgIpc) is 3.09. The molecule has 3 atom stereocenters. The fourth-order valence-corrected chi connectivity index (χ4v) is 5.90. The molecule has 48 heavy (non-hydrogen) atoms. The van der Waals surface area contributed by atoms with Crippen LogP contribution in [0.5, 0.6) is 0 Å². The van der Waals surface area contributed by atoms with Gasteiger partial charge in [-0.15, -0.1) is 0 Å². The molecule has 9 nitrogen and oxygen atoms in total. The molecule has 0 radical (unpaired) electrons. The molecule has 2 amide bonds. The number of hydrogen-bond acceptors (Lipinski definition) is 7. The van der Waals surface area contributed by atoms with Crippen molar-refractivity contribution in [1.82, 2.24) is 4.90 Å². The summed E-state index contributed by atoms with van der Waals surface area (Å²) in [6.45, 7) is 1.52. The van der Waals surface area contributed by atoms with Gasteiger partial charge < -0.3 is 30.9 Å². The second kappa shape index (κ2) is 17.6. The van der Waals surface area contributed by atoms with E-state index in [0.717, 1.165) is 36.2 Å². The number of likely N-dealkylation sites (N-methyl/N-ethyl adjacent to an activating group) is 1. The van der Waals surface area contributed by atoms with E-state index in [1.54, 1.807) is 12.1 Å². The number of carbonyl (C=O) groups excluding carboxylic acids is 2. The van der Waals surface area contributed by atoms with Crippen LogP contribution in [0.25, 0.3) is 0 Å². The van der Waals surface area contributed by atoms with Gasteiger partial charge in [0.2, 0.25) is 11.8 Å². The predicted octanol–water partition coefficient (Wildman–Crippen LogP) is 6.97. The van der Waals surface area contributed by atoms with Crippen LogP contribution >= 0.6 is 0 Å². The Balaban J connectivity index is 1.15. The van der Waals surface area contributed by atoms with Gasteiger partial charge in [0.25, 0.3) is 0 Å². The fraction of sp³-hybridized carbons (Fsp3) is 0.333. The quantitative estimate of drug-likeness (QED) is 0.0809. The molecule has 0 spiro atoms. The van der Waals surface area contributed by atoms with Crippen molar-refractivity contribution in [1.29, 1.82) is 0 Å². The summed E-state index contributed by atoms with van der Waals surface area (Å²) in [4.78, 5) is 27.3. The van der Waals surface area contributed by atoms with Gasteiger partial charge in [0.05, 0.1) is 30.2 Å². The number of nitrogens with one attached hydrogen (secondary N) is 2. The zero-order valence-corrected chi connectivity index (χ0v) is 27.5. The molecular formula is C39H46N4O5. The van der Waals surface area contributed by atoms with Gasteiger partial charge in [0.15, 0.2) is 6.29 Å². The van der Waals surface area contributed by atoms with Crippen molar-refractivity contribution in [2.45, 2.75) is 70.2 Å². The summed E-state index contributed by atoms with van der Waals surface area (Å²) >= 11 is 0. The predicted molar refractivity (Wildman–Crippen MR) is 189 cm³/mol. The van der Waals surface area contributed by atoms with Crippen molar-refractivity contribution in [2.75, 3.05) is 30.0 Å². The van der Waals surface area contributed by atoms with Crippen molar-refractivity contribution in [3.63, 3.8) is 0 Å². The molecule has 0 aromatic heterocycles. The maximum atomic E-state index is 12.8. The van der Waals surface area contributed by atoms with Crippen LogP contribution in [0.2, 0.25) is 0 Å². The van der Waals surface area contributed by atoms with Crippen LogP contribution in [0.3, 0.4) is 0 Å². The van der Waals surface area contributed by atoms with Gasteiger partial charge in [-0.25, -0.2) is 0 Å². The molecule has 9 heteroatoms. The number of rotatable bonds is 15. The topological polar surface area (TPSA) is 126 Å². The third-order valence-corrected chi connectivity index (χ3v) is 8.41. The first kappa shape index (κ1) is 34.8. The minimum atomic E-state index is -0.620. The zero-order chi connectivity index (χ0) is 33.7. The first-order valence-corrected chi connectivity index (χ1v) is 16.6. The summed E-state index contributed by atoms with van der Waals surface area (Å²) in [6.07, 6.45) is 2.62. The van der Waals surface area contributed by atoms with Crippen LogP contribution in [-0.2, 0) is 32.2 Å². The lowest BCUT2D eigenvalue weighted by molar-refractivity contribution is -0.252. The minimum Gasteiger partial charge on any atom is -0.397 e. The lowest BCUT2D eigenvalue weighted by Gasteiger charge is -2.38. The largest absolute Gasteiger partial charge is 0.397 e. The van der Waals surface area contributed by atoms with E-state index in [1.165, 1.54) is 5.56 Å². The minimum absolute atomic E-state index is 0.00913. The van der Waals surface area contributed by atoms with Crippen molar-refractivity contribution in [2.24, 2.45) is 0 Å². The van der Waals surface area contributed by atoms with Gasteiger partial charge in [-0.1, -0.05) is 85.3 Å². The molecule has 1 saturated heterocycles. The summed E-state index contributed by atoms with van der Waals surface area (Å²) in [7, 11) is 2.10. The summed E-state index contributed by atoms with van der Waals surface area (Å²) in [5.74, 6) is -0.169. The number of aliphatic hydroxyl groups is 1. The first-order chi connectivity index (χ1) is 23.4. The van der Waals surface area contributed by atoms with Gasteiger partial charge in [0.1, 0.15) is 0 Å². The number of anilines is 3. The Labute approximate surface area is 283 Å². The maximum absolute atomic E-state index is 12.8. The van der Waals surface area contributed by atoms with Crippen molar-refractivity contribution in [3.05, 3.63) is 125 Å². The number of nitrogens with zero attached hydrogens (tertiary/aromatic N) is 1. The summed E-state index contributed by atoms with van der Waals surface area (Å²) < 4.78 is 13.1. The molecule has 4 aromatic carbocycles. The van der Waals surface area contributed by atoms with Crippen LogP contribution in [0.4, 0.5) is 17.1 Å². The van der Waals surface area contributed by atoms with E-state index in [4.69, 9.17) is 15.2 Å². The fourth-order valence-electron chi connectivity index (χ4n) is 5.90. The van der Waals surface area contributed by atoms with Gasteiger partial charge >= 0.3 is 0 Å². The standard InChI is InChI=1S/C39H46N4O5/c1-43(25-28-11-4-2-5-12-28)26-33-24-36(30-21-19-29(27-44)20-22-30)48-39(47-33)31-13-10-14-32(23-31)41-37(45)17-6-3-7-18-38(46)42-35-16-9-8-15-34(35)40/h2,4-5,8-16,19-23,33,36,39,44H,3,6-7,17-18,24-27,40H2,1H3,(H,41,45)(H,42,46)/t33-,36+,39+/m1/s1. The number of nitrogen functional groups attached to an aromatic ring is 1. The number of carbonyl (C=O) groups is 2. The highest BCUT2D eigenvalue weighted by molar-refractivity contribution is 5.93. The molecule has 5 N–H and O–H groups in total. The van der Waals surface area contributed by atoms with E-state index in [2.05, 4.69) is 34.7 Å². The smallest absolute Gasteiger partial charge is 0.224 e. The molecule has 4 aromatic rings. The van der Waals surface area contributed by atoms with Crippen molar-refractivity contribution < 1.29 is 24.2 Å². The molecule has 1 fully saturated rings. The van der Waals surface area contributed by atoms with E-state index in [9.17, 15) is 14.7 Å². The third kappa shape index (κ3) is 10.5. The van der Waals surface area contributed by atoms with E-state index in [-0.39, 0.29) is 30.6 Å². The molecule has 5 rings (SSSR count). The molecule has 1 aliphatic rings. The van der Waals surface area contributed by atoms with Crippen LogP contribution in [0, 0.1) is 0 Å². The number of nitrogens with two attached hydrogens (primary N) is 1. The van der Waals surface area contributed by atoms with Crippen LogP contribution in [0.1, 0.15) is 73.2 Å². The second-order valence-electron chi connectivity index (χ2n) is 12.4. The highest BCUT2D eigenvalue weighted by atomic mass is 16.7. The number of aliphatic hydroxyl groups excluding tert-OH is 1. The monoisotopic (exact) mass is 650 g/mol. The molecule has 252 valence electrons. The molecule has 1 heterocycles. The van der Waals surface area contributed by atoms with Crippen LogP contribution < -0.4 is 16.4 Å². The van der Waals surface area contributed by atoms with E-state index in [1.807, 2.05) is 78.9 Å². The van der Waals surface area contributed by atoms with Gasteiger partial charge in [-0.05, 0) is 60.8 Å². The van der Waals surface area contributed by atoms with Gasteiger partial charge in [-0.3, -0.25) is 14.5 Å². The van der Waals surface area contributed by atoms with E-state index < -0.39 is 6.29 Å². The molecular weight excluding hydrogens is 604 g/mol. The van der Waals surface area contributed by atoms with Crippen molar-refractivity contribution >= 4 is 28.9 Å². The third-order valence-electron chi connectivity index (χ3n) is 8.41. The summed E-state index contributed by atoms with van der Waals surface area (Å²) in [6, 6.07) is 33.0. The Kier molecular flexibility index (Phi) is 12.7. The number of hydrogen-bond donors (Lipinski definition) is 4. The molecule has 0 saturated carbocycles. The Hall–Kier alpha value is -4.54. The highest BCUT2D eigenvalue weighted by Crippen LogP contribution is 2.38. The Morgan fingerprint density at radius 2 is 1.50 bits per heavy atom. The lowest BCUT2D eigenvalue weighted by Crippen LogP contribution is -2.37. The number of unbranched alkanes of at least 4 members (excludes halogenated alkanes) is 2. The van der Waals surface area contributed by atoms with Crippen molar-refractivity contribution in [3.8, 4) is 0 Å². The van der Waals surface area contributed by atoms with E-state index >= 15 is 0 Å². The number of benzene rings is 4.